The van der Waals surface area contributed by atoms with Gasteiger partial charge in [0, 0.05) is 6.92 Å². The predicted molar refractivity (Wildman–Crippen MR) is 55.6 cm³/mol. The van der Waals surface area contributed by atoms with Gasteiger partial charge in [-0.3, -0.25) is 4.79 Å². The third-order valence-electron chi connectivity index (χ3n) is 2.20. The molecule has 1 aliphatic carbocycles. The van der Waals surface area contributed by atoms with E-state index in [1.165, 1.54) is 6.92 Å². The fourth-order valence-electron chi connectivity index (χ4n) is 1.44. The van der Waals surface area contributed by atoms with Crippen LogP contribution in [0.1, 0.15) is 32.6 Å². The molecular formula is C10H15BrO2. The number of esters is 1. The number of allylic oxidation sites excluding steroid dienone is 1. The van der Waals surface area contributed by atoms with Crippen molar-refractivity contribution >= 4 is 21.9 Å². The van der Waals surface area contributed by atoms with Gasteiger partial charge in [-0.1, -0.05) is 22.5 Å². The predicted octanol–water partition coefficient (Wildman–Crippen LogP) is 3.02. The second-order valence-electron chi connectivity index (χ2n) is 3.55. The lowest BCUT2D eigenvalue weighted by Gasteiger charge is -2.00. The summed E-state index contributed by atoms with van der Waals surface area (Å²) in [7, 11) is 0. The highest BCUT2D eigenvalue weighted by Crippen LogP contribution is 2.38. The Bertz CT molecular complexity index is 213. The highest BCUT2D eigenvalue weighted by molar-refractivity contribution is 9.11. The molecule has 1 aliphatic rings. The van der Waals surface area contributed by atoms with Crippen LogP contribution in [0.5, 0.6) is 0 Å². The Kier molecular flexibility index (Phi) is 3.97. The molecule has 2 nitrogen and oxygen atoms in total. The summed E-state index contributed by atoms with van der Waals surface area (Å²) in [5.74, 6) is 0.452. The molecular weight excluding hydrogens is 232 g/mol. The first-order chi connectivity index (χ1) is 6.09. The number of ether oxygens (including phenoxy) is 1. The minimum atomic E-state index is -0.155. The third kappa shape index (κ3) is 4.46. The molecule has 0 spiro atoms. The van der Waals surface area contributed by atoms with Gasteiger partial charge in [-0.15, -0.1) is 0 Å². The van der Waals surface area contributed by atoms with E-state index in [1.54, 1.807) is 0 Å². The van der Waals surface area contributed by atoms with E-state index in [1.807, 2.05) is 0 Å². The van der Waals surface area contributed by atoms with Gasteiger partial charge in [0.15, 0.2) is 0 Å². The van der Waals surface area contributed by atoms with Crippen molar-refractivity contribution in [2.45, 2.75) is 38.7 Å². The summed E-state index contributed by atoms with van der Waals surface area (Å²) < 4.78 is 6.11. The van der Waals surface area contributed by atoms with Gasteiger partial charge in [-0.2, -0.15) is 0 Å². The minimum Gasteiger partial charge on any atom is -0.462 e. The van der Waals surface area contributed by atoms with Crippen molar-refractivity contribution in [1.29, 1.82) is 0 Å². The van der Waals surface area contributed by atoms with Crippen LogP contribution in [-0.4, -0.2) is 12.1 Å². The molecule has 0 heterocycles. The van der Waals surface area contributed by atoms with Crippen molar-refractivity contribution in [1.82, 2.24) is 0 Å². The topological polar surface area (TPSA) is 26.3 Å². The molecule has 0 N–H and O–H groups in total. The summed E-state index contributed by atoms with van der Waals surface area (Å²) in [4.78, 5) is 10.6. The molecule has 0 saturated heterocycles. The van der Waals surface area contributed by atoms with Crippen LogP contribution >= 0.6 is 15.9 Å². The van der Waals surface area contributed by atoms with E-state index < -0.39 is 0 Å². The molecule has 0 aromatic rings. The molecule has 74 valence electrons. The molecule has 0 aromatic carbocycles. The second-order valence-corrected chi connectivity index (χ2v) is 4.67. The van der Waals surface area contributed by atoms with Crippen molar-refractivity contribution in [3.63, 3.8) is 0 Å². The lowest BCUT2D eigenvalue weighted by Crippen LogP contribution is -2.02. The summed E-state index contributed by atoms with van der Waals surface area (Å²) in [6.45, 7) is 5.24. The lowest BCUT2D eigenvalue weighted by atomic mass is 10.2. The number of carbonyl (C=O) groups is 1. The maximum absolute atomic E-state index is 10.6. The minimum absolute atomic E-state index is 0.155. The molecule has 0 amide bonds. The average molecular weight is 247 g/mol. The first kappa shape index (κ1) is 10.8. The van der Waals surface area contributed by atoms with Crippen molar-refractivity contribution in [3.05, 3.63) is 11.1 Å². The van der Waals surface area contributed by atoms with E-state index in [9.17, 15) is 4.79 Å². The SMILES string of the molecule is C=C(Br)CCC[C@@H]1C[C@H]1OC(C)=O. The quantitative estimate of drug-likeness (QED) is 0.698. The van der Waals surface area contributed by atoms with Crippen LogP contribution in [0.3, 0.4) is 0 Å². The molecule has 0 aromatic heterocycles. The molecule has 1 saturated carbocycles. The molecule has 0 unspecified atom stereocenters. The molecule has 1 fully saturated rings. The van der Waals surface area contributed by atoms with Gasteiger partial charge in [0.2, 0.25) is 0 Å². The Morgan fingerprint density at radius 3 is 2.92 bits per heavy atom. The van der Waals surface area contributed by atoms with Crippen molar-refractivity contribution < 1.29 is 9.53 Å². The normalized spacial score (nSPS) is 25.4. The van der Waals surface area contributed by atoms with Gasteiger partial charge in [0.1, 0.15) is 6.10 Å². The first-order valence-electron chi connectivity index (χ1n) is 4.60. The van der Waals surface area contributed by atoms with Crippen LogP contribution in [0.2, 0.25) is 0 Å². The summed E-state index contributed by atoms with van der Waals surface area (Å²) >= 11 is 3.32. The molecule has 0 aliphatic heterocycles. The van der Waals surface area contributed by atoms with Crippen molar-refractivity contribution in [2.24, 2.45) is 5.92 Å². The zero-order valence-corrected chi connectivity index (χ0v) is 9.47. The first-order valence-corrected chi connectivity index (χ1v) is 5.39. The van der Waals surface area contributed by atoms with Crippen LogP contribution in [0.4, 0.5) is 0 Å². The highest BCUT2D eigenvalue weighted by Gasteiger charge is 2.39. The smallest absolute Gasteiger partial charge is 0.302 e. The van der Waals surface area contributed by atoms with Crippen molar-refractivity contribution in [2.75, 3.05) is 0 Å². The summed E-state index contributed by atoms with van der Waals surface area (Å²) in [5, 5.41) is 0. The van der Waals surface area contributed by atoms with Gasteiger partial charge in [-0.05, 0) is 36.1 Å². The summed E-state index contributed by atoms with van der Waals surface area (Å²) in [6, 6.07) is 0. The second kappa shape index (κ2) is 4.80. The van der Waals surface area contributed by atoms with E-state index >= 15 is 0 Å². The molecule has 2 atom stereocenters. The monoisotopic (exact) mass is 246 g/mol. The number of carbonyl (C=O) groups excluding carboxylic acids is 1. The van der Waals surface area contributed by atoms with Gasteiger partial charge < -0.3 is 4.74 Å². The fraction of sp³-hybridized carbons (Fsp3) is 0.700. The van der Waals surface area contributed by atoms with E-state index in [-0.39, 0.29) is 12.1 Å². The van der Waals surface area contributed by atoms with Crippen LogP contribution < -0.4 is 0 Å². The van der Waals surface area contributed by atoms with Gasteiger partial charge >= 0.3 is 5.97 Å². The molecule has 3 heteroatoms. The summed E-state index contributed by atoms with van der Waals surface area (Å²) in [5.41, 5.74) is 0. The van der Waals surface area contributed by atoms with Gasteiger partial charge in [0.25, 0.3) is 0 Å². The van der Waals surface area contributed by atoms with E-state index in [2.05, 4.69) is 22.5 Å². The Balaban J connectivity index is 2.01. The maximum Gasteiger partial charge on any atom is 0.302 e. The molecule has 1 rings (SSSR count). The Hall–Kier alpha value is -0.310. The van der Waals surface area contributed by atoms with Crippen LogP contribution in [-0.2, 0) is 9.53 Å². The maximum atomic E-state index is 10.6. The Morgan fingerprint density at radius 2 is 2.38 bits per heavy atom. The highest BCUT2D eigenvalue weighted by atomic mass is 79.9. The van der Waals surface area contributed by atoms with E-state index in [0.29, 0.717) is 5.92 Å². The average Bonchev–Trinajstić information content (AvgIpc) is 2.65. The number of halogens is 1. The van der Waals surface area contributed by atoms with Crippen LogP contribution in [0.25, 0.3) is 0 Å². The molecule has 0 bridgehead atoms. The lowest BCUT2D eigenvalue weighted by molar-refractivity contribution is -0.142. The Morgan fingerprint density at radius 1 is 1.69 bits per heavy atom. The summed E-state index contributed by atoms with van der Waals surface area (Å²) in [6.07, 6.45) is 4.55. The zero-order valence-electron chi connectivity index (χ0n) is 7.88. The van der Waals surface area contributed by atoms with E-state index in [0.717, 1.165) is 30.2 Å². The van der Waals surface area contributed by atoms with Gasteiger partial charge in [-0.25, -0.2) is 0 Å². The van der Waals surface area contributed by atoms with Crippen molar-refractivity contribution in [3.8, 4) is 0 Å². The van der Waals surface area contributed by atoms with Gasteiger partial charge in [0.05, 0.1) is 0 Å². The Labute approximate surface area is 87.5 Å². The molecule has 13 heavy (non-hydrogen) atoms. The molecule has 0 radical (unpaired) electrons. The number of rotatable bonds is 5. The largest absolute Gasteiger partial charge is 0.462 e. The number of hydrogen-bond donors (Lipinski definition) is 0. The number of hydrogen-bond acceptors (Lipinski definition) is 2. The standard InChI is InChI=1S/C10H15BrO2/c1-7(11)4-3-5-9-6-10(9)13-8(2)12/h9-10H,1,3-6H2,2H3/t9-,10-/m1/s1. The third-order valence-corrected chi connectivity index (χ3v) is 2.59. The van der Waals surface area contributed by atoms with Crippen LogP contribution in [0.15, 0.2) is 11.1 Å². The zero-order chi connectivity index (χ0) is 9.84. The van der Waals surface area contributed by atoms with E-state index in [4.69, 9.17) is 4.74 Å². The fourth-order valence-corrected chi connectivity index (χ4v) is 1.72. The van der Waals surface area contributed by atoms with Crippen LogP contribution in [0, 0.1) is 5.92 Å².